The van der Waals surface area contributed by atoms with Gasteiger partial charge < -0.3 is 14.2 Å². The lowest BCUT2D eigenvalue weighted by molar-refractivity contribution is 0.0849. The van der Waals surface area contributed by atoms with Crippen molar-refractivity contribution in [2.45, 2.75) is 25.7 Å². The molecule has 0 saturated heterocycles. The topological polar surface area (TPSA) is 44.8 Å². The zero-order chi connectivity index (χ0) is 22.5. The van der Waals surface area contributed by atoms with Crippen molar-refractivity contribution in [3.63, 3.8) is 0 Å². The molecule has 5 rings (SSSR count). The summed E-state index contributed by atoms with van der Waals surface area (Å²) in [6, 6.07) is 33.2. The van der Waals surface area contributed by atoms with Crippen molar-refractivity contribution in [3.8, 4) is 17.2 Å². The molecule has 4 aromatic rings. The number of carbonyl (C=O) groups is 1. The highest BCUT2D eigenvalue weighted by Crippen LogP contribution is 2.37. The van der Waals surface area contributed by atoms with Crippen molar-refractivity contribution < 1.29 is 19.0 Å². The van der Waals surface area contributed by atoms with E-state index < -0.39 is 0 Å². The van der Waals surface area contributed by atoms with E-state index in [0.29, 0.717) is 36.7 Å². The molecule has 33 heavy (non-hydrogen) atoms. The zero-order valence-electron chi connectivity index (χ0n) is 18.1. The normalized spacial score (nSPS) is 14.8. The summed E-state index contributed by atoms with van der Waals surface area (Å²) in [5, 5.41) is 0. The molecule has 4 aromatic carbocycles. The van der Waals surface area contributed by atoms with Crippen molar-refractivity contribution in [2.75, 3.05) is 0 Å². The Morgan fingerprint density at radius 1 is 0.697 bits per heavy atom. The molecular weight excluding hydrogens is 412 g/mol. The predicted molar refractivity (Wildman–Crippen MR) is 127 cm³/mol. The Balaban J connectivity index is 1.25. The van der Waals surface area contributed by atoms with Gasteiger partial charge in [-0.05, 0) is 41.0 Å². The first-order valence-corrected chi connectivity index (χ1v) is 11.0. The number of carbonyl (C=O) groups excluding carboxylic acids is 1. The average Bonchev–Trinajstić information content (AvgIpc) is 2.87. The van der Waals surface area contributed by atoms with E-state index in [4.69, 9.17) is 14.2 Å². The third-order valence-corrected chi connectivity index (χ3v) is 5.64. The van der Waals surface area contributed by atoms with Crippen LogP contribution >= 0.6 is 0 Å². The molecule has 0 N–H and O–H groups in total. The van der Waals surface area contributed by atoms with E-state index in [0.717, 1.165) is 22.4 Å². The lowest BCUT2D eigenvalue weighted by Crippen LogP contribution is -2.20. The van der Waals surface area contributed by atoms with Crippen LogP contribution in [0.2, 0.25) is 0 Å². The standard InChI is InChI=1S/C29H24O4/c30-27-18-28(23-11-13-24(14-12-23)31-19-21-7-3-1-4-8-21)33-29-17-25(15-16-26(27)29)32-20-22-9-5-2-6-10-22/h1-17,28H,18-20H2. The largest absolute Gasteiger partial charge is 0.489 e. The molecule has 0 radical (unpaired) electrons. The molecule has 0 saturated carbocycles. The summed E-state index contributed by atoms with van der Waals surface area (Å²) < 4.78 is 18.0. The fourth-order valence-corrected chi connectivity index (χ4v) is 3.84. The van der Waals surface area contributed by atoms with Crippen LogP contribution < -0.4 is 14.2 Å². The van der Waals surface area contributed by atoms with Gasteiger partial charge in [-0.3, -0.25) is 4.79 Å². The molecule has 4 heteroatoms. The van der Waals surface area contributed by atoms with Gasteiger partial charge in [-0.2, -0.15) is 0 Å². The van der Waals surface area contributed by atoms with Crippen LogP contribution in [0.1, 0.15) is 39.6 Å². The molecule has 1 atom stereocenters. The van der Waals surface area contributed by atoms with E-state index in [1.807, 2.05) is 91.0 Å². The minimum Gasteiger partial charge on any atom is -0.489 e. The van der Waals surface area contributed by atoms with Crippen LogP contribution in [-0.2, 0) is 13.2 Å². The van der Waals surface area contributed by atoms with Crippen LogP contribution in [0.15, 0.2) is 103 Å². The second kappa shape index (κ2) is 9.61. The first-order chi connectivity index (χ1) is 16.2. The molecule has 1 aliphatic heterocycles. The molecule has 0 aromatic heterocycles. The van der Waals surface area contributed by atoms with Gasteiger partial charge in [0.25, 0.3) is 0 Å². The van der Waals surface area contributed by atoms with Crippen LogP contribution in [0.25, 0.3) is 0 Å². The molecule has 1 heterocycles. The summed E-state index contributed by atoms with van der Waals surface area (Å²) in [5.74, 6) is 2.09. The number of Topliss-reactive ketones (excluding diaryl/α,β-unsaturated/α-hetero) is 1. The van der Waals surface area contributed by atoms with Crippen molar-refractivity contribution in [1.29, 1.82) is 0 Å². The second-order valence-corrected chi connectivity index (χ2v) is 8.01. The molecule has 0 amide bonds. The van der Waals surface area contributed by atoms with Crippen molar-refractivity contribution >= 4 is 5.78 Å². The Hall–Kier alpha value is -4.05. The molecule has 0 fully saturated rings. The predicted octanol–water partition coefficient (Wildman–Crippen LogP) is 6.55. The number of ketones is 1. The first-order valence-electron chi connectivity index (χ1n) is 11.0. The Bertz CT molecular complexity index is 1220. The van der Waals surface area contributed by atoms with E-state index in [-0.39, 0.29) is 11.9 Å². The first kappa shape index (κ1) is 20.8. The third-order valence-electron chi connectivity index (χ3n) is 5.64. The number of ether oxygens (including phenoxy) is 3. The van der Waals surface area contributed by atoms with E-state index in [9.17, 15) is 4.79 Å². The number of benzene rings is 4. The lowest BCUT2D eigenvalue weighted by atomic mass is 9.96. The minimum absolute atomic E-state index is 0.0697. The van der Waals surface area contributed by atoms with Crippen LogP contribution in [0.4, 0.5) is 0 Å². The number of hydrogen-bond donors (Lipinski definition) is 0. The molecule has 1 aliphatic rings. The van der Waals surface area contributed by atoms with Gasteiger partial charge in [-0.15, -0.1) is 0 Å². The Morgan fingerprint density at radius 2 is 1.27 bits per heavy atom. The van der Waals surface area contributed by atoms with Gasteiger partial charge in [-0.1, -0.05) is 72.8 Å². The molecule has 1 unspecified atom stereocenters. The van der Waals surface area contributed by atoms with Crippen molar-refractivity contribution in [2.24, 2.45) is 0 Å². The van der Waals surface area contributed by atoms with E-state index in [2.05, 4.69) is 0 Å². The number of rotatable bonds is 7. The van der Waals surface area contributed by atoms with Gasteiger partial charge in [0.05, 0.1) is 12.0 Å². The summed E-state index contributed by atoms with van der Waals surface area (Å²) >= 11 is 0. The summed E-state index contributed by atoms with van der Waals surface area (Å²) in [7, 11) is 0. The Labute approximate surface area is 193 Å². The SMILES string of the molecule is O=C1CC(c2ccc(OCc3ccccc3)cc2)Oc2cc(OCc3ccccc3)ccc21. The molecule has 164 valence electrons. The summed E-state index contributed by atoms with van der Waals surface area (Å²) in [4.78, 5) is 12.7. The van der Waals surface area contributed by atoms with Crippen LogP contribution in [0, 0.1) is 0 Å². The highest BCUT2D eigenvalue weighted by atomic mass is 16.5. The Kier molecular flexibility index (Phi) is 6.07. The minimum atomic E-state index is -0.336. The monoisotopic (exact) mass is 436 g/mol. The maximum atomic E-state index is 12.7. The van der Waals surface area contributed by atoms with Crippen molar-refractivity contribution in [1.82, 2.24) is 0 Å². The van der Waals surface area contributed by atoms with Gasteiger partial charge in [0, 0.05) is 6.07 Å². The average molecular weight is 437 g/mol. The fourth-order valence-electron chi connectivity index (χ4n) is 3.84. The van der Waals surface area contributed by atoms with Crippen molar-refractivity contribution in [3.05, 3.63) is 125 Å². The van der Waals surface area contributed by atoms with Gasteiger partial charge in [0.15, 0.2) is 5.78 Å². The molecule has 0 bridgehead atoms. The summed E-state index contributed by atoms with van der Waals surface area (Å²) in [5.41, 5.74) is 3.74. The third kappa shape index (κ3) is 5.07. The maximum Gasteiger partial charge on any atom is 0.170 e. The highest BCUT2D eigenvalue weighted by Gasteiger charge is 2.28. The molecule has 0 spiro atoms. The van der Waals surface area contributed by atoms with Crippen LogP contribution in [0.3, 0.4) is 0 Å². The van der Waals surface area contributed by atoms with Crippen LogP contribution in [-0.4, -0.2) is 5.78 Å². The number of hydrogen-bond acceptors (Lipinski definition) is 4. The van der Waals surface area contributed by atoms with Gasteiger partial charge in [0.2, 0.25) is 0 Å². The molecule has 4 nitrogen and oxygen atoms in total. The smallest absolute Gasteiger partial charge is 0.170 e. The summed E-state index contributed by atoms with van der Waals surface area (Å²) in [6.07, 6.45) is -0.0286. The quantitative estimate of drug-likeness (QED) is 0.329. The molecular formula is C29H24O4. The van der Waals surface area contributed by atoms with Gasteiger partial charge >= 0.3 is 0 Å². The maximum absolute atomic E-state index is 12.7. The Morgan fingerprint density at radius 3 is 1.91 bits per heavy atom. The highest BCUT2D eigenvalue weighted by molar-refractivity contribution is 6.00. The van der Waals surface area contributed by atoms with Gasteiger partial charge in [-0.25, -0.2) is 0 Å². The second-order valence-electron chi connectivity index (χ2n) is 8.01. The van der Waals surface area contributed by atoms with E-state index in [1.54, 1.807) is 12.1 Å². The van der Waals surface area contributed by atoms with Gasteiger partial charge in [0.1, 0.15) is 36.6 Å². The molecule has 0 aliphatic carbocycles. The van der Waals surface area contributed by atoms with E-state index >= 15 is 0 Å². The van der Waals surface area contributed by atoms with E-state index in [1.165, 1.54) is 0 Å². The summed E-state index contributed by atoms with van der Waals surface area (Å²) in [6.45, 7) is 0.971. The van der Waals surface area contributed by atoms with Crippen LogP contribution in [0.5, 0.6) is 17.2 Å². The zero-order valence-corrected chi connectivity index (χ0v) is 18.1. The lowest BCUT2D eigenvalue weighted by Gasteiger charge is -2.26. The number of fused-ring (bicyclic) bond motifs is 1. The fraction of sp³-hybridized carbons (Fsp3) is 0.138.